The van der Waals surface area contributed by atoms with Crippen LogP contribution in [0.5, 0.6) is 0 Å². The predicted molar refractivity (Wildman–Crippen MR) is 138 cm³/mol. The van der Waals surface area contributed by atoms with Gasteiger partial charge in [0.1, 0.15) is 0 Å². The number of carbonyl (C=O) groups is 2. The van der Waals surface area contributed by atoms with E-state index >= 15 is 0 Å². The number of hydrogen-bond acceptors (Lipinski definition) is 5. The smallest absolute Gasteiger partial charge is 0.289 e. The number of rotatable bonds is 5. The second-order valence-electron chi connectivity index (χ2n) is 7.61. The van der Waals surface area contributed by atoms with E-state index in [-0.39, 0.29) is 16.9 Å². The molecule has 2 amide bonds. The van der Waals surface area contributed by atoms with E-state index in [2.05, 4.69) is 15.5 Å². The fourth-order valence-electron chi connectivity index (χ4n) is 3.60. The molecule has 3 aromatic rings. The van der Waals surface area contributed by atoms with E-state index < -0.39 is 0 Å². The normalized spacial score (nSPS) is 13.7. The number of thiocarbonyl (C=S) groups is 1. The van der Waals surface area contributed by atoms with Crippen LogP contribution < -0.4 is 15.5 Å². The molecule has 1 saturated heterocycles. The Balaban J connectivity index is 1.29. The molecule has 1 aliphatic rings. The summed E-state index contributed by atoms with van der Waals surface area (Å²) in [5.74, 6) is -0.0870. The Morgan fingerprint density at radius 1 is 1.00 bits per heavy atom. The molecule has 2 heterocycles. The second kappa shape index (κ2) is 11.0. The van der Waals surface area contributed by atoms with Crippen molar-refractivity contribution < 1.29 is 14.0 Å². The molecule has 174 valence electrons. The first-order valence-corrected chi connectivity index (χ1v) is 11.5. The molecule has 2 N–H and O–H groups in total. The number of nitrogens with zero attached hydrogens (tertiary/aromatic N) is 2. The van der Waals surface area contributed by atoms with Gasteiger partial charge >= 0.3 is 0 Å². The highest BCUT2D eigenvalue weighted by atomic mass is 35.5. The summed E-state index contributed by atoms with van der Waals surface area (Å²) in [6.45, 7) is 2.45. The van der Waals surface area contributed by atoms with E-state index in [0.717, 1.165) is 11.3 Å². The molecule has 9 heteroatoms. The van der Waals surface area contributed by atoms with Crippen LogP contribution >= 0.6 is 23.8 Å². The van der Waals surface area contributed by atoms with Gasteiger partial charge in [-0.15, -0.1) is 0 Å². The minimum Gasteiger partial charge on any atom is -0.459 e. The van der Waals surface area contributed by atoms with Gasteiger partial charge in [0.05, 0.1) is 17.0 Å². The van der Waals surface area contributed by atoms with E-state index in [1.165, 1.54) is 12.3 Å². The lowest BCUT2D eigenvalue weighted by Crippen LogP contribution is -2.48. The quantitative estimate of drug-likeness (QED) is 0.404. The lowest BCUT2D eigenvalue weighted by atomic mass is 10.2. The van der Waals surface area contributed by atoms with Gasteiger partial charge in [0, 0.05) is 37.9 Å². The van der Waals surface area contributed by atoms with Gasteiger partial charge in [-0.3, -0.25) is 14.9 Å². The maximum absolute atomic E-state index is 12.4. The first-order valence-electron chi connectivity index (χ1n) is 10.7. The van der Waals surface area contributed by atoms with E-state index in [9.17, 15) is 9.59 Å². The summed E-state index contributed by atoms with van der Waals surface area (Å²) in [6, 6.07) is 18.4. The Bertz CT molecular complexity index is 1190. The van der Waals surface area contributed by atoms with Gasteiger partial charge in [0.15, 0.2) is 10.9 Å². The Hall–Kier alpha value is -3.62. The van der Waals surface area contributed by atoms with Gasteiger partial charge in [-0.05, 0) is 54.2 Å². The number of nitrogens with one attached hydrogen (secondary N) is 2. The van der Waals surface area contributed by atoms with Crippen molar-refractivity contribution in [3.05, 3.63) is 89.3 Å². The SMILES string of the molecule is O=C(/C=C/c1ccccc1)NC(=S)Nc1ccc(N2CCN(C(=O)c3ccco3)CC2)c(Cl)c1. The van der Waals surface area contributed by atoms with Gasteiger partial charge in [0.2, 0.25) is 5.91 Å². The summed E-state index contributed by atoms with van der Waals surface area (Å²) in [5.41, 5.74) is 2.46. The average molecular weight is 495 g/mol. The minimum atomic E-state index is -0.328. The maximum atomic E-state index is 12.4. The monoisotopic (exact) mass is 494 g/mol. The van der Waals surface area contributed by atoms with Crippen molar-refractivity contribution in [1.29, 1.82) is 0 Å². The van der Waals surface area contributed by atoms with E-state index in [4.69, 9.17) is 28.2 Å². The van der Waals surface area contributed by atoms with Gasteiger partial charge < -0.3 is 19.5 Å². The van der Waals surface area contributed by atoms with E-state index in [0.29, 0.717) is 42.6 Å². The molecule has 0 atom stereocenters. The Labute approximate surface area is 208 Å². The molecular formula is C25H23ClN4O3S. The maximum Gasteiger partial charge on any atom is 0.289 e. The molecule has 34 heavy (non-hydrogen) atoms. The molecule has 1 aliphatic heterocycles. The first-order chi connectivity index (χ1) is 16.5. The van der Waals surface area contributed by atoms with Crippen molar-refractivity contribution in [2.75, 3.05) is 36.4 Å². The van der Waals surface area contributed by atoms with Crippen LogP contribution in [-0.2, 0) is 4.79 Å². The van der Waals surface area contributed by atoms with Gasteiger partial charge in [-0.25, -0.2) is 0 Å². The number of carbonyl (C=O) groups excluding carboxylic acids is 2. The zero-order chi connectivity index (χ0) is 23.9. The van der Waals surface area contributed by atoms with Crippen molar-refractivity contribution in [3.63, 3.8) is 0 Å². The number of piperazine rings is 1. The molecule has 0 saturated carbocycles. The van der Waals surface area contributed by atoms with Crippen molar-refractivity contribution in [3.8, 4) is 0 Å². The van der Waals surface area contributed by atoms with Crippen LogP contribution in [0.1, 0.15) is 16.1 Å². The van der Waals surface area contributed by atoms with Gasteiger partial charge in [-0.1, -0.05) is 41.9 Å². The summed E-state index contributed by atoms with van der Waals surface area (Å²) in [6.07, 6.45) is 4.64. The van der Waals surface area contributed by atoms with Crippen LogP contribution in [0.2, 0.25) is 5.02 Å². The number of benzene rings is 2. The molecule has 0 spiro atoms. The Morgan fingerprint density at radius 3 is 2.44 bits per heavy atom. The molecule has 1 fully saturated rings. The van der Waals surface area contributed by atoms with Crippen LogP contribution in [0, 0.1) is 0 Å². The Morgan fingerprint density at radius 2 is 1.76 bits per heavy atom. The molecule has 4 rings (SSSR count). The molecule has 0 unspecified atom stereocenters. The topological polar surface area (TPSA) is 77.8 Å². The standard InChI is InChI=1S/C25H23ClN4O3S/c26-20-17-19(27-25(34)28-23(31)11-8-18-5-2-1-3-6-18)9-10-21(20)29-12-14-30(15-13-29)24(32)22-7-4-16-33-22/h1-11,16-17H,12-15H2,(H2,27,28,31,34)/b11-8+. The lowest BCUT2D eigenvalue weighted by molar-refractivity contribution is -0.115. The molecular weight excluding hydrogens is 472 g/mol. The molecule has 0 radical (unpaired) electrons. The highest BCUT2D eigenvalue weighted by Crippen LogP contribution is 2.30. The van der Waals surface area contributed by atoms with E-state index in [1.54, 1.807) is 29.2 Å². The second-order valence-corrected chi connectivity index (χ2v) is 8.43. The summed E-state index contributed by atoms with van der Waals surface area (Å²) in [4.78, 5) is 28.4. The zero-order valence-electron chi connectivity index (χ0n) is 18.2. The zero-order valence-corrected chi connectivity index (χ0v) is 19.8. The molecule has 7 nitrogen and oxygen atoms in total. The van der Waals surface area contributed by atoms with Crippen LogP contribution in [0.4, 0.5) is 11.4 Å². The first kappa shape index (κ1) is 23.5. The predicted octanol–water partition coefficient (Wildman–Crippen LogP) is 4.42. The Kier molecular flexibility index (Phi) is 7.61. The highest BCUT2D eigenvalue weighted by Gasteiger charge is 2.24. The number of hydrogen-bond donors (Lipinski definition) is 2. The van der Waals surface area contributed by atoms with Crippen LogP contribution in [0.3, 0.4) is 0 Å². The summed E-state index contributed by atoms with van der Waals surface area (Å²) in [7, 11) is 0. The van der Waals surface area contributed by atoms with E-state index in [1.807, 2.05) is 42.5 Å². The number of anilines is 2. The van der Waals surface area contributed by atoms with Crippen molar-refractivity contribution in [1.82, 2.24) is 10.2 Å². The third-order valence-electron chi connectivity index (χ3n) is 5.31. The fourth-order valence-corrected chi connectivity index (χ4v) is 4.12. The summed E-state index contributed by atoms with van der Waals surface area (Å²) in [5, 5.41) is 6.33. The van der Waals surface area contributed by atoms with Crippen molar-refractivity contribution >= 4 is 58.2 Å². The lowest BCUT2D eigenvalue weighted by Gasteiger charge is -2.36. The molecule has 0 bridgehead atoms. The number of amides is 2. The van der Waals surface area contributed by atoms with Gasteiger partial charge in [0.25, 0.3) is 5.91 Å². The summed E-state index contributed by atoms with van der Waals surface area (Å²) < 4.78 is 5.21. The fraction of sp³-hybridized carbons (Fsp3) is 0.160. The van der Waals surface area contributed by atoms with Gasteiger partial charge in [-0.2, -0.15) is 0 Å². The van der Waals surface area contributed by atoms with Crippen LogP contribution in [0.15, 0.2) is 77.4 Å². The van der Waals surface area contributed by atoms with Crippen molar-refractivity contribution in [2.24, 2.45) is 0 Å². The molecule has 2 aromatic carbocycles. The third-order valence-corrected chi connectivity index (χ3v) is 5.82. The third kappa shape index (κ3) is 6.03. The van der Waals surface area contributed by atoms with Crippen LogP contribution in [0.25, 0.3) is 6.08 Å². The average Bonchev–Trinajstić information content (AvgIpc) is 3.38. The molecule has 1 aromatic heterocycles. The summed E-state index contributed by atoms with van der Waals surface area (Å²) >= 11 is 11.8. The largest absolute Gasteiger partial charge is 0.459 e. The molecule has 0 aliphatic carbocycles. The number of furan rings is 1. The van der Waals surface area contributed by atoms with Crippen LogP contribution in [-0.4, -0.2) is 48.0 Å². The highest BCUT2D eigenvalue weighted by molar-refractivity contribution is 7.80. The minimum absolute atomic E-state index is 0.107. The van der Waals surface area contributed by atoms with Crippen molar-refractivity contribution in [2.45, 2.75) is 0 Å². The number of halogens is 1.